The number of rotatable bonds is 3. The predicted molar refractivity (Wildman–Crippen MR) is 64.1 cm³/mol. The molecule has 8 nitrogen and oxygen atoms in total. The number of amides is 1. The fraction of sp³-hybridized carbons (Fsp3) is 0.455. The van der Waals surface area contributed by atoms with Gasteiger partial charge in [-0.3, -0.25) is 9.89 Å². The lowest BCUT2D eigenvalue weighted by molar-refractivity contribution is 0.0697. The van der Waals surface area contributed by atoms with Crippen LogP contribution in [0.25, 0.3) is 0 Å². The molecule has 0 saturated carbocycles. The van der Waals surface area contributed by atoms with E-state index in [0.717, 1.165) is 11.6 Å². The van der Waals surface area contributed by atoms with Crippen LogP contribution in [-0.2, 0) is 24.4 Å². The number of carbonyl (C=O) groups excluding carboxylic acids is 1. The van der Waals surface area contributed by atoms with Crippen molar-refractivity contribution in [2.24, 2.45) is 0 Å². The molecule has 8 heteroatoms. The minimum Gasteiger partial charge on any atom is -0.377 e. The maximum absolute atomic E-state index is 12.2. The van der Waals surface area contributed by atoms with E-state index in [9.17, 15) is 4.79 Å². The highest BCUT2D eigenvalue weighted by Crippen LogP contribution is 2.14. The Balaban J connectivity index is 1.77. The fourth-order valence-corrected chi connectivity index (χ4v) is 2.17. The molecule has 0 bridgehead atoms. The molecule has 0 aromatic carbocycles. The van der Waals surface area contributed by atoms with Gasteiger partial charge in [0.05, 0.1) is 6.54 Å². The number of nitrogens with zero attached hydrogens (tertiary/aromatic N) is 5. The van der Waals surface area contributed by atoms with Crippen LogP contribution in [0, 0.1) is 0 Å². The summed E-state index contributed by atoms with van der Waals surface area (Å²) in [6.45, 7) is 2.19. The number of hydrogen-bond acceptors (Lipinski definition) is 5. The average Bonchev–Trinajstić information content (AvgIpc) is 3.08. The molecule has 0 aliphatic carbocycles. The summed E-state index contributed by atoms with van der Waals surface area (Å²) in [5.74, 6) is 1.51. The van der Waals surface area contributed by atoms with Crippen LogP contribution >= 0.6 is 0 Å². The highest BCUT2D eigenvalue weighted by molar-refractivity contribution is 5.92. The van der Waals surface area contributed by atoms with Gasteiger partial charge in [0.25, 0.3) is 5.91 Å². The maximum Gasteiger partial charge on any atom is 0.272 e. The highest BCUT2D eigenvalue weighted by atomic mass is 16.5. The zero-order valence-electron chi connectivity index (χ0n) is 10.5. The van der Waals surface area contributed by atoms with Crippen molar-refractivity contribution in [3.05, 3.63) is 29.6 Å². The van der Waals surface area contributed by atoms with E-state index in [-0.39, 0.29) is 5.91 Å². The molecule has 1 aliphatic heterocycles. The second kappa shape index (κ2) is 4.81. The first kappa shape index (κ1) is 11.8. The fourth-order valence-electron chi connectivity index (χ4n) is 2.17. The summed E-state index contributed by atoms with van der Waals surface area (Å²) >= 11 is 0. The van der Waals surface area contributed by atoms with E-state index in [2.05, 4.69) is 20.4 Å². The van der Waals surface area contributed by atoms with Crippen molar-refractivity contribution in [1.82, 2.24) is 29.9 Å². The molecular formula is C11H14N6O2. The quantitative estimate of drug-likeness (QED) is 0.827. The monoisotopic (exact) mass is 262 g/mol. The van der Waals surface area contributed by atoms with E-state index in [4.69, 9.17) is 4.74 Å². The van der Waals surface area contributed by atoms with Gasteiger partial charge in [-0.2, -0.15) is 5.10 Å². The summed E-state index contributed by atoms with van der Waals surface area (Å²) in [5, 5.41) is 14.6. The molecule has 1 N–H and O–H groups in total. The molecule has 0 unspecified atom stereocenters. The Morgan fingerprint density at radius 1 is 1.47 bits per heavy atom. The van der Waals surface area contributed by atoms with Crippen molar-refractivity contribution in [2.45, 2.75) is 19.7 Å². The van der Waals surface area contributed by atoms with Gasteiger partial charge in [-0.1, -0.05) is 0 Å². The molecule has 0 saturated heterocycles. The second-order valence-corrected chi connectivity index (χ2v) is 4.31. The molecule has 1 amide bonds. The molecule has 2 aromatic heterocycles. The summed E-state index contributed by atoms with van der Waals surface area (Å²) in [6.07, 6.45) is 1.57. The van der Waals surface area contributed by atoms with Gasteiger partial charge >= 0.3 is 0 Å². The van der Waals surface area contributed by atoms with Crippen LogP contribution in [0.4, 0.5) is 0 Å². The van der Waals surface area contributed by atoms with E-state index in [0.29, 0.717) is 31.9 Å². The third kappa shape index (κ3) is 2.10. The number of aromatic amines is 1. The van der Waals surface area contributed by atoms with E-state index in [1.165, 1.54) is 0 Å². The lowest BCUT2D eigenvalue weighted by atomic mass is 10.3. The first-order valence-electron chi connectivity index (χ1n) is 5.98. The molecule has 2 aromatic rings. The molecule has 19 heavy (non-hydrogen) atoms. The zero-order chi connectivity index (χ0) is 13.2. The van der Waals surface area contributed by atoms with Crippen molar-refractivity contribution in [3.8, 4) is 0 Å². The van der Waals surface area contributed by atoms with Crippen LogP contribution in [0.3, 0.4) is 0 Å². The Kier molecular flexibility index (Phi) is 3.00. The molecule has 100 valence electrons. The smallest absolute Gasteiger partial charge is 0.272 e. The van der Waals surface area contributed by atoms with E-state index >= 15 is 0 Å². The molecule has 3 rings (SSSR count). The van der Waals surface area contributed by atoms with Crippen molar-refractivity contribution < 1.29 is 9.53 Å². The number of ether oxygens (including phenoxy) is 1. The van der Waals surface area contributed by atoms with Crippen LogP contribution in [0.15, 0.2) is 12.3 Å². The van der Waals surface area contributed by atoms with Crippen molar-refractivity contribution in [2.75, 3.05) is 13.7 Å². The third-order valence-electron chi connectivity index (χ3n) is 3.12. The van der Waals surface area contributed by atoms with Gasteiger partial charge < -0.3 is 14.2 Å². The molecule has 0 fully saturated rings. The minimum atomic E-state index is -0.0694. The Morgan fingerprint density at radius 3 is 3.11 bits per heavy atom. The van der Waals surface area contributed by atoms with Crippen LogP contribution in [0.5, 0.6) is 0 Å². The Bertz CT molecular complexity index is 576. The Labute approximate surface area is 109 Å². The normalized spacial score (nSPS) is 14.5. The number of H-pyrrole nitrogens is 1. The summed E-state index contributed by atoms with van der Waals surface area (Å²) < 4.78 is 7.07. The van der Waals surface area contributed by atoms with Gasteiger partial charge in [-0.15, -0.1) is 10.2 Å². The van der Waals surface area contributed by atoms with Crippen molar-refractivity contribution in [1.29, 1.82) is 0 Å². The molecular weight excluding hydrogens is 248 g/mol. The molecule has 0 spiro atoms. The van der Waals surface area contributed by atoms with E-state index in [1.54, 1.807) is 24.3 Å². The zero-order valence-corrected chi connectivity index (χ0v) is 10.5. The van der Waals surface area contributed by atoms with Crippen molar-refractivity contribution >= 4 is 5.91 Å². The first-order chi connectivity index (χ1) is 9.29. The number of carbonyl (C=O) groups is 1. The van der Waals surface area contributed by atoms with Crippen LogP contribution < -0.4 is 0 Å². The first-order valence-corrected chi connectivity index (χ1v) is 5.98. The average molecular weight is 262 g/mol. The van der Waals surface area contributed by atoms with Gasteiger partial charge in [-0.05, 0) is 6.07 Å². The van der Waals surface area contributed by atoms with Gasteiger partial charge in [-0.25, -0.2) is 0 Å². The summed E-state index contributed by atoms with van der Waals surface area (Å²) in [6, 6.07) is 1.66. The lowest BCUT2D eigenvalue weighted by Gasteiger charge is -2.27. The number of fused-ring (bicyclic) bond motifs is 1. The SMILES string of the molecule is COCc1nnc2n1CCN(C(=O)c1ccn[nH]1)C2. The highest BCUT2D eigenvalue weighted by Gasteiger charge is 2.25. The summed E-state index contributed by atoms with van der Waals surface area (Å²) in [7, 11) is 1.62. The number of hydrogen-bond donors (Lipinski definition) is 1. The molecule has 0 atom stereocenters. The third-order valence-corrected chi connectivity index (χ3v) is 3.12. The second-order valence-electron chi connectivity index (χ2n) is 4.31. The summed E-state index contributed by atoms with van der Waals surface area (Å²) in [5.41, 5.74) is 0.491. The van der Waals surface area contributed by atoms with Crippen molar-refractivity contribution in [3.63, 3.8) is 0 Å². The van der Waals surface area contributed by atoms with Crippen LogP contribution in [0.1, 0.15) is 22.1 Å². The Morgan fingerprint density at radius 2 is 2.37 bits per heavy atom. The van der Waals surface area contributed by atoms with E-state index < -0.39 is 0 Å². The van der Waals surface area contributed by atoms with Gasteiger partial charge in [0.2, 0.25) is 0 Å². The lowest BCUT2D eigenvalue weighted by Crippen LogP contribution is -2.39. The standard InChI is InChI=1S/C11H14N6O2/c1-19-7-10-15-14-9-6-16(4-5-17(9)10)11(18)8-2-3-12-13-8/h2-3H,4-7H2,1H3,(H,12,13). The minimum absolute atomic E-state index is 0.0694. The van der Waals surface area contributed by atoms with Gasteiger partial charge in [0.15, 0.2) is 11.6 Å². The number of methoxy groups -OCH3 is 1. The molecule has 1 aliphatic rings. The molecule has 0 radical (unpaired) electrons. The van der Waals surface area contributed by atoms with Gasteiger partial charge in [0, 0.05) is 26.4 Å². The number of aromatic nitrogens is 5. The maximum atomic E-state index is 12.2. The topological polar surface area (TPSA) is 88.9 Å². The van der Waals surface area contributed by atoms with Gasteiger partial charge in [0.1, 0.15) is 12.3 Å². The van der Waals surface area contributed by atoms with E-state index in [1.807, 2.05) is 4.57 Å². The molecule has 3 heterocycles. The van der Waals surface area contributed by atoms with Crippen LogP contribution in [0.2, 0.25) is 0 Å². The Hall–Kier alpha value is -2.22. The van der Waals surface area contributed by atoms with Crippen LogP contribution in [-0.4, -0.2) is 49.4 Å². The summed E-state index contributed by atoms with van der Waals surface area (Å²) in [4.78, 5) is 13.9. The predicted octanol–water partition coefficient (Wildman–Crippen LogP) is -0.196. The largest absolute Gasteiger partial charge is 0.377 e. The number of nitrogens with one attached hydrogen (secondary N) is 1.